The van der Waals surface area contributed by atoms with Crippen molar-refractivity contribution in [2.75, 3.05) is 6.79 Å². The summed E-state index contributed by atoms with van der Waals surface area (Å²) in [6.45, 7) is 4.62. The number of rotatable bonds is 2. The zero-order valence-electron chi connectivity index (χ0n) is 11.7. The summed E-state index contributed by atoms with van der Waals surface area (Å²) in [6, 6.07) is 3.55. The van der Waals surface area contributed by atoms with Crippen molar-refractivity contribution in [3.8, 4) is 11.5 Å². The molecular formula is C15H18ClNO3. The average molecular weight is 296 g/mol. The van der Waals surface area contributed by atoms with Crippen LogP contribution in [0.25, 0.3) is 0 Å². The summed E-state index contributed by atoms with van der Waals surface area (Å²) in [5.41, 5.74) is 0.828. The van der Waals surface area contributed by atoms with Crippen molar-refractivity contribution in [3.05, 3.63) is 22.7 Å². The van der Waals surface area contributed by atoms with Crippen LogP contribution < -0.4 is 14.8 Å². The Morgan fingerprint density at radius 2 is 2.20 bits per heavy atom. The van der Waals surface area contributed by atoms with Crippen LogP contribution in [0.4, 0.5) is 0 Å². The normalized spacial score (nSPS) is 22.9. The molecule has 20 heavy (non-hydrogen) atoms. The first kappa shape index (κ1) is 13.6. The second-order valence-corrected chi connectivity index (χ2v) is 6.68. The van der Waals surface area contributed by atoms with Gasteiger partial charge < -0.3 is 14.8 Å². The van der Waals surface area contributed by atoms with Crippen molar-refractivity contribution >= 4 is 17.5 Å². The molecule has 1 N–H and O–H groups in total. The molecule has 1 atom stereocenters. The maximum atomic E-state index is 12.3. The fourth-order valence-electron chi connectivity index (χ4n) is 2.93. The van der Waals surface area contributed by atoms with Gasteiger partial charge in [-0.05, 0) is 36.8 Å². The molecule has 1 aromatic carbocycles. The van der Waals surface area contributed by atoms with Gasteiger partial charge in [-0.2, -0.15) is 0 Å². The zero-order valence-corrected chi connectivity index (χ0v) is 12.4. The van der Waals surface area contributed by atoms with Gasteiger partial charge in [0, 0.05) is 11.6 Å². The van der Waals surface area contributed by atoms with Gasteiger partial charge in [0.1, 0.15) is 0 Å². The molecule has 1 unspecified atom stereocenters. The van der Waals surface area contributed by atoms with Crippen LogP contribution in [0.2, 0.25) is 5.02 Å². The van der Waals surface area contributed by atoms with Gasteiger partial charge in [-0.15, -0.1) is 0 Å². The molecule has 4 nitrogen and oxygen atoms in total. The number of hydrogen-bond acceptors (Lipinski definition) is 3. The number of carbonyl (C=O) groups is 1. The molecule has 0 bridgehead atoms. The zero-order chi connectivity index (χ0) is 14.3. The molecule has 1 aliphatic carbocycles. The molecular weight excluding hydrogens is 278 g/mol. The Labute approximate surface area is 123 Å². The summed E-state index contributed by atoms with van der Waals surface area (Å²) in [6.07, 6.45) is 3.17. The highest BCUT2D eigenvalue weighted by Gasteiger charge is 2.32. The van der Waals surface area contributed by atoms with Gasteiger partial charge in [0.05, 0.1) is 5.02 Å². The number of nitrogens with one attached hydrogen (secondary N) is 1. The summed E-state index contributed by atoms with van der Waals surface area (Å²) < 4.78 is 10.5. The quantitative estimate of drug-likeness (QED) is 0.910. The van der Waals surface area contributed by atoms with Crippen LogP contribution in [0.15, 0.2) is 12.1 Å². The van der Waals surface area contributed by atoms with Crippen molar-refractivity contribution in [3.63, 3.8) is 0 Å². The molecule has 5 heteroatoms. The second kappa shape index (κ2) is 4.85. The smallest absolute Gasteiger partial charge is 0.251 e. The van der Waals surface area contributed by atoms with Gasteiger partial charge in [0.15, 0.2) is 11.5 Å². The maximum Gasteiger partial charge on any atom is 0.251 e. The van der Waals surface area contributed by atoms with Gasteiger partial charge in [0.2, 0.25) is 6.79 Å². The molecule has 108 valence electrons. The Morgan fingerprint density at radius 3 is 2.90 bits per heavy atom. The average Bonchev–Trinajstić information content (AvgIpc) is 2.95. The van der Waals surface area contributed by atoms with E-state index in [1.807, 2.05) is 0 Å². The summed E-state index contributed by atoms with van der Waals surface area (Å²) in [5.74, 6) is 0.951. The van der Waals surface area contributed by atoms with E-state index in [1.54, 1.807) is 12.1 Å². The molecule has 0 aromatic heterocycles. The Bertz CT molecular complexity index is 556. The van der Waals surface area contributed by atoms with E-state index in [1.165, 1.54) is 0 Å². The number of halogens is 1. The van der Waals surface area contributed by atoms with E-state index in [4.69, 9.17) is 21.1 Å². The topological polar surface area (TPSA) is 47.6 Å². The lowest BCUT2D eigenvalue weighted by Gasteiger charge is -2.18. The molecule has 2 aliphatic rings. The van der Waals surface area contributed by atoms with Crippen LogP contribution in [0.3, 0.4) is 0 Å². The van der Waals surface area contributed by atoms with Crippen molar-refractivity contribution in [1.82, 2.24) is 5.32 Å². The molecule has 1 saturated carbocycles. The van der Waals surface area contributed by atoms with Crippen LogP contribution in [0.5, 0.6) is 11.5 Å². The molecule has 1 fully saturated rings. The van der Waals surface area contributed by atoms with Crippen LogP contribution in [0, 0.1) is 5.41 Å². The molecule has 3 rings (SSSR count). The first-order chi connectivity index (χ1) is 9.44. The number of fused-ring (bicyclic) bond motifs is 1. The third-order valence-electron chi connectivity index (χ3n) is 3.99. The largest absolute Gasteiger partial charge is 0.454 e. The number of hydrogen-bond donors (Lipinski definition) is 1. The number of ether oxygens (including phenoxy) is 2. The van der Waals surface area contributed by atoms with Crippen LogP contribution in [0.1, 0.15) is 43.5 Å². The van der Waals surface area contributed by atoms with Crippen LogP contribution in [-0.2, 0) is 0 Å². The van der Waals surface area contributed by atoms with Gasteiger partial charge in [-0.1, -0.05) is 25.4 Å². The Kier molecular flexibility index (Phi) is 3.28. The highest BCUT2D eigenvalue weighted by molar-refractivity contribution is 6.32. The molecule has 1 heterocycles. The van der Waals surface area contributed by atoms with E-state index in [0.717, 1.165) is 19.3 Å². The standard InChI is InChI=1S/C15H18ClNO3/c1-15(2)4-3-10(7-15)17-14(18)9-5-11(16)13-12(6-9)19-8-20-13/h5-6,10H,3-4,7-8H2,1-2H3,(H,17,18). The Balaban J connectivity index is 1.73. The minimum Gasteiger partial charge on any atom is -0.454 e. The Morgan fingerprint density at radius 1 is 1.40 bits per heavy atom. The first-order valence-electron chi connectivity index (χ1n) is 6.85. The van der Waals surface area contributed by atoms with E-state index in [-0.39, 0.29) is 18.7 Å². The minimum absolute atomic E-state index is 0.104. The lowest BCUT2D eigenvalue weighted by molar-refractivity contribution is 0.0935. The predicted octanol–water partition coefficient (Wildman–Crippen LogP) is 3.38. The number of benzene rings is 1. The second-order valence-electron chi connectivity index (χ2n) is 6.27. The van der Waals surface area contributed by atoms with E-state index in [2.05, 4.69) is 19.2 Å². The lowest BCUT2D eigenvalue weighted by atomic mass is 9.92. The molecule has 1 aromatic rings. The van der Waals surface area contributed by atoms with Crippen LogP contribution in [-0.4, -0.2) is 18.7 Å². The summed E-state index contributed by atoms with van der Waals surface area (Å²) in [7, 11) is 0. The van der Waals surface area contributed by atoms with Crippen molar-refractivity contribution in [2.24, 2.45) is 5.41 Å². The van der Waals surface area contributed by atoms with Crippen molar-refractivity contribution in [2.45, 2.75) is 39.2 Å². The van der Waals surface area contributed by atoms with E-state index in [0.29, 0.717) is 27.5 Å². The Hall–Kier alpha value is -1.42. The summed E-state index contributed by atoms with van der Waals surface area (Å²) in [5, 5.41) is 3.49. The highest BCUT2D eigenvalue weighted by atomic mass is 35.5. The third kappa shape index (κ3) is 2.57. The van der Waals surface area contributed by atoms with Gasteiger partial charge >= 0.3 is 0 Å². The molecule has 0 saturated heterocycles. The van der Waals surface area contributed by atoms with Gasteiger partial charge in [-0.25, -0.2) is 0 Å². The third-order valence-corrected chi connectivity index (χ3v) is 4.27. The van der Waals surface area contributed by atoms with Crippen LogP contribution >= 0.6 is 11.6 Å². The maximum absolute atomic E-state index is 12.3. The SMILES string of the molecule is CC1(C)CCC(NC(=O)c2cc(Cl)c3c(c2)OCO3)C1. The first-order valence-corrected chi connectivity index (χ1v) is 7.22. The molecule has 1 aliphatic heterocycles. The molecule has 0 spiro atoms. The van der Waals surface area contributed by atoms with E-state index in [9.17, 15) is 4.79 Å². The highest BCUT2D eigenvalue weighted by Crippen LogP contribution is 2.40. The van der Waals surface area contributed by atoms with Gasteiger partial charge in [-0.3, -0.25) is 4.79 Å². The monoisotopic (exact) mass is 295 g/mol. The van der Waals surface area contributed by atoms with Crippen molar-refractivity contribution in [1.29, 1.82) is 0 Å². The fraction of sp³-hybridized carbons (Fsp3) is 0.533. The fourth-order valence-corrected chi connectivity index (χ4v) is 3.19. The summed E-state index contributed by atoms with van der Waals surface area (Å²) in [4.78, 5) is 12.3. The molecule has 1 amide bonds. The van der Waals surface area contributed by atoms with E-state index >= 15 is 0 Å². The van der Waals surface area contributed by atoms with Crippen molar-refractivity contribution < 1.29 is 14.3 Å². The van der Waals surface area contributed by atoms with Gasteiger partial charge in [0.25, 0.3) is 5.91 Å². The summed E-state index contributed by atoms with van der Waals surface area (Å²) >= 11 is 6.10. The van der Waals surface area contributed by atoms with E-state index < -0.39 is 0 Å². The number of carbonyl (C=O) groups excluding carboxylic acids is 1. The predicted molar refractivity (Wildman–Crippen MR) is 76.5 cm³/mol. The lowest BCUT2D eigenvalue weighted by Crippen LogP contribution is -2.33. The number of amides is 1. The molecule has 0 radical (unpaired) electrons. The minimum atomic E-state index is -0.104.